The SMILES string of the molecule is COc1ccc(-c2cc(OC(=O)C=C(C)C)c(-c3ccc(OC)cc3)cc2OC)cc1. The van der Waals surface area contributed by atoms with Gasteiger partial charge in [-0.15, -0.1) is 0 Å². The van der Waals surface area contributed by atoms with Crippen molar-refractivity contribution in [2.24, 2.45) is 0 Å². The molecule has 0 heterocycles. The smallest absolute Gasteiger partial charge is 0.336 e. The summed E-state index contributed by atoms with van der Waals surface area (Å²) >= 11 is 0. The Morgan fingerprint density at radius 2 is 1.13 bits per heavy atom. The second-order valence-corrected chi connectivity index (χ2v) is 7.15. The van der Waals surface area contributed by atoms with E-state index in [0.29, 0.717) is 11.5 Å². The Labute approximate surface area is 182 Å². The maximum Gasteiger partial charge on any atom is 0.336 e. The highest BCUT2D eigenvalue weighted by atomic mass is 16.5. The van der Waals surface area contributed by atoms with Crippen LogP contribution in [0.2, 0.25) is 0 Å². The van der Waals surface area contributed by atoms with Crippen molar-refractivity contribution in [3.63, 3.8) is 0 Å². The molecular formula is C26H26O5. The molecule has 5 heteroatoms. The number of ether oxygens (including phenoxy) is 4. The zero-order valence-corrected chi connectivity index (χ0v) is 18.4. The van der Waals surface area contributed by atoms with Gasteiger partial charge < -0.3 is 18.9 Å². The highest BCUT2D eigenvalue weighted by Crippen LogP contribution is 2.41. The van der Waals surface area contributed by atoms with Crippen LogP contribution in [0, 0.1) is 0 Å². The van der Waals surface area contributed by atoms with E-state index in [-0.39, 0.29) is 0 Å². The molecule has 0 aromatic heterocycles. The molecule has 0 atom stereocenters. The summed E-state index contributed by atoms with van der Waals surface area (Å²) in [5.74, 6) is 2.18. The average molecular weight is 418 g/mol. The summed E-state index contributed by atoms with van der Waals surface area (Å²) in [7, 11) is 4.86. The molecule has 0 fully saturated rings. The topological polar surface area (TPSA) is 54.0 Å². The van der Waals surface area contributed by atoms with Gasteiger partial charge in [0.2, 0.25) is 0 Å². The quantitative estimate of drug-likeness (QED) is 0.271. The van der Waals surface area contributed by atoms with Gasteiger partial charge in [0, 0.05) is 17.2 Å². The number of hydrogen-bond donors (Lipinski definition) is 0. The van der Waals surface area contributed by atoms with Crippen LogP contribution in [0.15, 0.2) is 72.3 Å². The van der Waals surface area contributed by atoms with Crippen LogP contribution < -0.4 is 18.9 Å². The third kappa shape index (κ3) is 5.25. The summed E-state index contributed by atoms with van der Waals surface area (Å²) in [5.41, 5.74) is 4.20. The van der Waals surface area contributed by atoms with Gasteiger partial charge in [0.25, 0.3) is 0 Å². The van der Waals surface area contributed by atoms with Gasteiger partial charge in [-0.1, -0.05) is 29.8 Å². The normalized spacial score (nSPS) is 10.2. The molecule has 3 rings (SSSR count). The molecule has 0 N–H and O–H groups in total. The molecule has 0 bridgehead atoms. The van der Waals surface area contributed by atoms with Gasteiger partial charge in [-0.3, -0.25) is 0 Å². The second-order valence-electron chi connectivity index (χ2n) is 7.15. The van der Waals surface area contributed by atoms with Crippen LogP contribution in [0.25, 0.3) is 22.3 Å². The van der Waals surface area contributed by atoms with Crippen molar-refractivity contribution in [3.05, 3.63) is 72.3 Å². The number of hydrogen-bond acceptors (Lipinski definition) is 5. The first-order chi connectivity index (χ1) is 14.9. The van der Waals surface area contributed by atoms with Crippen molar-refractivity contribution in [2.45, 2.75) is 13.8 Å². The van der Waals surface area contributed by atoms with E-state index in [0.717, 1.165) is 39.3 Å². The average Bonchev–Trinajstić information content (AvgIpc) is 2.78. The number of esters is 1. The van der Waals surface area contributed by atoms with E-state index in [1.807, 2.05) is 74.5 Å². The van der Waals surface area contributed by atoms with Crippen LogP contribution in [0.3, 0.4) is 0 Å². The van der Waals surface area contributed by atoms with Gasteiger partial charge >= 0.3 is 5.97 Å². The lowest BCUT2D eigenvalue weighted by Crippen LogP contribution is -2.06. The number of carbonyl (C=O) groups is 1. The van der Waals surface area contributed by atoms with Crippen LogP contribution in [-0.2, 0) is 4.79 Å². The molecule has 160 valence electrons. The Morgan fingerprint density at radius 1 is 0.677 bits per heavy atom. The lowest BCUT2D eigenvalue weighted by atomic mass is 9.97. The van der Waals surface area contributed by atoms with Crippen LogP contribution in [-0.4, -0.2) is 27.3 Å². The summed E-state index contributed by atoms with van der Waals surface area (Å²) in [6, 6.07) is 18.9. The van der Waals surface area contributed by atoms with E-state index in [4.69, 9.17) is 18.9 Å². The molecule has 0 unspecified atom stereocenters. The lowest BCUT2D eigenvalue weighted by molar-refractivity contribution is -0.129. The molecule has 3 aromatic rings. The molecule has 3 aromatic carbocycles. The Hall–Kier alpha value is -3.73. The van der Waals surface area contributed by atoms with E-state index in [9.17, 15) is 4.79 Å². The van der Waals surface area contributed by atoms with Gasteiger partial charge in [-0.05, 0) is 61.4 Å². The largest absolute Gasteiger partial charge is 0.497 e. The van der Waals surface area contributed by atoms with E-state index >= 15 is 0 Å². The Bertz CT molecular complexity index is 1080. The minimum atomic E-state index is -0.430. The fourth-order valence-corrected chi connectivity index (χ4v) is 3.18. The molecule has 0 radical (unpaired) electrons. The molecule has 0 amide bonds. The fraction of sp³-hybridized carbons (Fsp3) is 0.192. The number of carbonyl (C=O) groups excluding carboxylic acids is 1. The Morgan fingerprint density at radius 3 is 1.55 bits per heavy atom. The highest BCUT2D eigenvalue weighted by Gasteiger charge is 2.17. The standard InChI is InChI=1S/C26H26O5/c1-17(2)14-26(27)31-25-16-22(18-6-10-20(28-3)11-7-18)24(30-5)15-23(25)19-8-12-21(29-4)13-9-19/h6-16H,1-5H3. The summed E-state index contributed by atoms with van der Waals surface area (Å²) in [4.78, 5) is 12.4. The predicted molar refractivity (Wildman–Crippen MR) is 122 cm³/mol. The number of allylic oxidation sites excluding steroid dienone is 1. The molecular weight excluding hydrogens is 392 g/mol. The van der Waals surface area contributed by atoms with Crippen molar-refractivity contribution < 1.29 is 23.7 Å². The first-order valence-electron chi connectivity index (χ1n) is 9.82. The third-order valence-electron chi connectivity index (χ3n) is 4.72. The first kappa shape index (κ1) is 22.0. The van der Waals surface area contributed by atoms with Crippen LogP contribution in [0.4, 0.5) is 0 Å². The van der Waals surface area contributed by atoms with E-state index < -0.39 is 5.97 Å². The van der Waals surface area contributed by atoms with Gasteiger partial charge in [-0.25, -0.2) is 4.79 Å². The third-order valence-corrected chi connectivity index (χ3v) is 4.72. The lowest BCUT2D eigenvalue weighted by Gasteiger charge is -2.16. The van der Waals surface area contributed by atoms with Crippen molar-refractivity contribution in [2.75, 3.05) is 21.3 Å². The van der Waals surface area contributed by atoms with E-state index in [1.165, 1.54) is 6.08 Å². The summed E-state index contributed by atoms with van der Waals surface area (Å²) < 4.78 is 21.9. The first-order valence-corrected chi connectivity index (χ1v) is 9.82. The van der Waals surface area contributed by atoms with Gasteiger partial charge in [0.15, 0.2) is 0 Å². The molecule has 31 heavy (non-hydrogen) atoms. The predicted octanol–water partition coefficient (Wildman–Crippen LogP) is 5.92. The van der Waals surface area contributed by atoms with Crippen LogP contribution >= 0.6 is 0 Å². The molecule has 5 nitrogen and oxygen atoms in total. The number of rotatable bonds is 7. The van der Waals surface area contributed by atoms with Crippen LogP contribution in [0.5, 0.6) is 23.0 Å². The molecule has 0 aliphatic carbocycles. The van der Waals surface area contributed by atoms with Gasteiger partial charge in [0.05, 0.1) is 21.3 Å². The second kappa shape index (κ2) is 9.85. The van der Waals surface area contributed by atoms with E-state index in [1.54, 1.807) is 21.3 Å². The maximum absolute atomic E-state index is 12.4. The van der Waals surface area contributed by atoms with Crippen molar-refractivity contribution in [1.82, 2.24) is 0 Å². The molecule has 0 spiro atoms. The molecule has 0 aliphatic heterocycles. The Kier molecular flexibility index (Phi) is 6.98. The minimum Gasteiger partial charge on any atom is -0.497 e. The van der Waals surface area contributed by atoms with E-state index in [2.05, 4.69) is 0 Å². The summed E-state index contributed by atoms with van der Waals surface area (Å²) in [6.07, 6.45) is 1.47. The fourth-order valence-electron chi connectivity index (χ4n) is 3.18. The zero-order valence-electron chi connectivity index (χ0n) is 18.4. The summed E-state index contributed by atoms with van der Waals surface area (Å²) in [6.45, 7) is 3.70. The van der Waals surface area contributed by atoms with Crippen molar-refractivity contribution >= 4 is 5.97 Å². The molecule has 0 saturated heterocycles. The maximum atomic E-state index is 12.4. The minimum absolute atomic E-state index is 0.430. The van der Waals surface area contributed by atoms with Gasteiger partial charge in [0.1, 0.15) is 23.0 Å². The van der Waals surface area contributed by atoms with Crippen molar-refractivity contribution in [3.8, 4) is 45.3 Å². The Balaban J connectivity index is 2.15. The molecule has 0 saturated carbocycles. The number of benzene rings is 3. The highest BCUT2D eigenvalue weighted by molar-refractivity contribution is 5.88. The zero-order chi connectivity index (χ0) is 22.4. The number of methoxy groups -OCH3 is 3. The van der Waals surface area contributed by atoms with Gasteiger partial charge in [-0.2, -0.15) is 0 Å². The van der Waals surface area contributed by atoms with Crippen LogP contribution in [0.1, 0.15) is 13.8 Å². The summed E-state index contributed by atoms with van der Waals surface area (Å²) in [5, 5.41) is 0. The molecule has 0 aliphatic rings. The monoisotopic (exact) mass is 418 g/mol. The van der Waals surface area contributed by atoms with Crippen molar-refractivity contribution in [1.29, 1.82) is 0 Å².